The molecular weight excluding hydrogens is 342 g/mol. The summed E-state index contributed by atoms with van der Waals surface area (Å²) >= 11 is 0. The van der Waals surface area contributed by atoms with Crippen LogP contribution in [0.2, 0.25) is 11.6 Å². The Morgan fingerprint density at radius 3 is 2.28 bits per heavy atom. The minimum atomic E-state index is -1.54. The van der Waals surface area contributed by atoms with Crippen molar-refractivity contribution in [2.75, 3.05) is 13.2 Å². The molecule has 0 aromatic heterocycles. The molecule has 1 aliphatic rings. The van der Waals surface area contributed by atoms with E-state index in [1.807, 2.05) is 0 Å². The highest BCUT2D eigenvalue weighted by molar-refractivity contribution is 6.53. The van der Waals surface area contributed by atoms with Gasteiger partial charge in [0.2, 0.25) is 0 Å². The first-order valence-corrected chi connectivity index (χ1v) is 10.7. The van der Waals surface area contributed by atoms with E-state index in [0.717, 1.165) is 0 Å². The van der Waals surface area contributed by atoms with Gasteiger partial charge in [0.25, 0.3) is 0 Å². The number of hydrogen-bond acceptors (Lipinski definition) is 5. The van der Waals surface area contributed by atoms with Crippen molar-refractivity contribution in [2.45, 2.75) is 70.9 Å². The Kier molecular flexibility index (Phi) is 6.83. The van der Waals surface area contributed by atoms with Crippen molar-refractivity contribution in [3.8, 4) is 0 Å². The Morgan fingerprint density at radius 1 is 1.28 bits per heavy atom. The highest BCUT2D eigenvalue weighted by Gasteiger charge is 2.37. The Balaban J connectivity index is 3.00. The summed E-state index contributed by atoms with van der Waals surface area (Å²) in [5, 5.41) is 19.3. The van der Waals surface area contributed by atoms with Crippen molar-refractivity contribution in [1.82, 2.24) is 4.90 Å². The maximum Gasteiger partial charge on any atom is 0.410 e. The van der Waals surface area contributed by atoms with E-state index < -0.39 is 38.8 Å². The fraction of sp³-hybridized carbons (Fsp3) is 0.765. The number of carboxylic acid groups (broad SMARTS) is 1. The van der Waals surface area contributed by atoms with Crippen molar-refractivity contribution in [1.29, 1.82) is 0 Å². The average Bonchev–Trinajstić information content (AvgIpc) is 2.41. The number of ether oxygens (including phenoxy) is 1. The van der Waals surface area contributed by atoms with E-state index in [4.69, 9.17) is 9.16 Å². The molecule has 0 radical (unpaired) electrons. The molecule has 1 aliphatic heterocycles. The number of amides is 1. The molecule has 0 fully saturated rings. The summed E-state index contributed by atoms with van der Waals surface area (Å²) in [6, 6.07) is -0.582. The van der Waals surface area contributed by atoms with E-state index >= 15 is 0 Å². The monoisotopic (exact) mass is 373 g/mol. The molecule has 1 unspecified atom stereocenters. The number of aliphatic hydroxyl groups excluding tert-OH is 1. The van der Waals surface area contributed by atoms with Crippen molar-refractivity contribution >= 4 is 21.1 Å². The first-order chi connectivity index (χ1) is 11.2. The summed E-state index contributed by atoms with van der Waals surface area (Å²) in [5.74, 6) is -1.19. The van der Waals surface area contributed by atoms with Crippen molar-refractivity contribution < 1.29 is 29.0 Å². The van der Waals surface area contributed by atoms with Gasteiger partial charge >= 0.3 is 12.1 Å². The van der Waals surface area contributed by atoms with Crippen LogP contribution in [-0.2, 0) is 14.0 Å². The molecule has 7 nitrogen and oxygen atoms in total. The van der Waals surface area contributed by atoms with Gasteiger partial charge < -0.3 is 19.4 Å². The van der Waals surface area contributed by atoms with Crippen LogP contribution in [0.3, 0.4) is 0 Å². The zero-order valence-electron chi connectivity index (χ0n) is 16.2. The number of hydrogen-bond donors (Lipinski definition) is 2. The van der Waals surface area contributed by atoms with Crippen LogP contribution in [0.4, 0.5) is 4.79 Å². The number of nitrogens with zero attached hydrogens (tertiary/aromatic N) is 1. The molecule has 0 aromatic rings. The normalized spacial score (nSPS) is 23.0. The van der Waals surface area contributed by atoms with E-state index in [1.165, 1.54) is 11.0 Å². The predicted molar refractivity (Wildman–Crippen MR) is 97.1 cm³/mol. The largest absolute Gasteiger partial charge is 0.478 e. The molecule has 0 aromatic carbocycles. The number of carboxylic acids is 1. The summed E-state index contributed by atoms with van der Waals surface area (Å²) in [4.78, 5) is 25.1. The molecule has 0 aliphatic carbocycles. The lowest BCUT2D eigenvalue weighted by atomic mass is 10.0. The third kappa shape index (κ3) is 6.45. The minimum absolute atomic E-state index is 0.0459. The molecule has 25 heavy (non-hydrogen) atoms. The third-order valence-corrected chi connectivity index (χ3v) is 7.24. The number of β-amino-alcohol motifs (C(OH)–C–C–N with tert-alkyl or cyclic N) is 1. The summed E-state index contributed by atoms with van der Waals surface area (Å²) in [6.45, 7) is 13.7. The lowest BCUT2D eigenvalue weighted by molar-refractivity contribution is -0.134. The SMILES string of the molecule is C[SiH](OC[C@@H]1C=C(C(=O)O)[C@H](O)CN1C(=O)OC(C)(C)C)C(C)(C)C. The molecule has 0 saturated carbocycles. The minimum Gasteiger partial charge on any atom is -0.478 e. The first kappa shape index (κ1) is 21.7. The molecule has 144 valence electrons. The number of rotatable bonds is 4. The first-order valence-electron chi connectivity index (χ1n) is 8.46. The summed E-state index contributed by atoms with van der Waals surface area (Å²) < 4.78 is 11.4. The highest BCUT2D eigenvalue weighted by atomic mass is 28.3. The molecule has 0 spiro atoms. The van der Waals surface area contributed by atoms with Crippen LogP contribution < -0.4 is 0 Å². The van der Waals surface area contributed by atoms with Gasteiger partial charge in [-0.2, -0.15) is 0 Å². The van der Waals surface area contributed by atoms with E-state index in [1.54, 1.807) is 20.8 Å². The Morgan fingerprint density at radius 2 is 1.84 bits per heavy atom. The number of carbonyl (C=O) groups is 2. The fourth-order valence-electron chi connectivity index (χ4n) is 2.20. The van der Waals surface area contributed by atoms with Crippen LogP contribution >= 0.6 is 0 Å². The van der Waals surface area contributed by atoms with Crippen LogP contribution in [0.15, 0.2) is 11.6 Å². The van der Waals surface area contributed by atoms with Gasteiger partial charge in [-0.3, -0.25) is 4.90 Å². The standard InChI is InChI=1S/C17H31NO6Si/c1-16(2,3)24-15(22)18-9-13(19)12(14(20)21)8-11(18)10-23-25(7)17(4,5)6/h8,11,13,19,25H,9-10H2,1-7H3,(H,20,21)/t11-,13+,25?/m0/s1. The summed E-state index contributed by atoms with van der Waals surface area (Å²) in [6.07, 6.45) is -0.450. The van der Waals surface area contributed by atoms with Crippen LogP contribution in [0.1, 0.15) is 41.5 Å². The van der Waals surface area contributed by atoms with Gasteiger partial charge in [-0.1, -0.05) is 20.8 Å². The average molecular weight is 374 g/mol. The molecular formula is C17H31NO6Si. The van der Waals surface area contributed by atoms with Crippen molar-refractivity contribution in [3.05, 3.63) is 11.6 Å². The molecule has 0 bridgehead atoms. The Labute approximate surface area is 151 Å². The van der Waals surface area contributed by atoms with Gasteiger partial charge in [0.05, 0.1) is 24.8 Å². The molecule has 0 saturated heterocycles. The maximum absolute atomic E-state index is 12.5. The van der Waals surface area contributed by atoms with Crippen LogP contribution in [0.5, 0.6) is 0 Å². The lowest BCUT2D eigenvalue weighted by Crippen LogP contribution is -2.52. The fourth-order valence-corrected chi connectivity index (χ4v) is 3.19. The zero-order valence-corrected chi connectivity index (χ0v) is 17.4. The smallest absolute Gasteiger partial charge is 0.410 e. The van der Waals surface area contributed by atoms with E-state index in [9.17, 15) is 19.8 Å². The molecule has 1 amide bonds. The predicted octanol–water partition coefficient (Wildman–Crippen LogP) is 2.15. The van der Waals surface area contributed by atoms with Gasteiger partial charge in [-0.25, -0.2) is 9.59 Å². The lowest BCUT2D eigenvalue weighted by Gasteiger charge is -2.38. The van der Waals surface area contributed by atoms with Crippen LogP contribution in [0, 0.1) is 0 Å². The molecule has 1 heterocycles. The number of carbonyl (C=O) groups excluding carboxylic acids is 1. The van der Waals surface area contributed by atoms with Crippen LogP contribution in [0.25, 0.3) is 0 Å². The second kappa shape index (κ2) is 7.88. The van der Waals surface area contributed by atoms with Gasteiger partial charge in [0.15, 0.2) is 9.04 Å². The van der Waals surface area contributed by atoms with E-state index in [0.29, 0.717) is 0 Å². The molecule has 1 rings (SSSR count). The number of aliphatic hydroxyl groups is 1. The van der Waals surface area contributed by atoms with Crippen molar-refractivity contribution in [2.24, 2.45) is 0 Å². The Hall–Kier alpha value is -1.38. The second-order valence-corrected chi connectivity index (χ2v) is 11.8. The maximum atomic E-state index is 12.5. The second-order valence-electron chi connectivity index (χ2n) is 8.48. The highest BCUT2D eigenvalue weighted by Crippen LogP contribution is 2.28. The summed E-state index contributed by atoms with van der Waals surface area (Å²) in [5.41, 5.74) is -0.795. The summed E-state index contributed by atoms with van der Waals surface area (Å²) in [7, 11) is -1.54. The zero-order chi connectivity index (χ0) is 19.6. The molecule has 8 heteroatoms. The number of aliphatic carboxylic acids is 1. The van der Waals surface area contributed by atoms with Gasteiger partial charge in [0, 0.05) is 0 Å². The van der Waals surface area contributed by atoms with Crippen molar-refractivity contribution in [3.63, 3.8) is 0 Å². The topological polar surface area (TPSA) is 96.3 Å². The van der Waals surface area contributed by atoms with Gasteiger partial charge in [0.1, 0.15) is 11.7 Å². The quantitative estimate of drug-likeness (QED) is 0.733. The van der Waals surface area contributed by atoms with Gasteiger partial charge in [-0.15, -0.1) is 0 Å². The molecule has 3 atom stereocenters. The third-order valence-electron chi connectivity index (χ3n) is 4.11. The Bertz CT molecular complexity index is 534. The van der Waals surface area contributed by atoms with E-state index in [2.05, 4.69) is 27.3 Å². The van der Waals surface area contributed by atoms with E-state index in [-0.39, 0.29) is 23.8 Å². The van der Waals surface area contributed by atoms with Crippen LogP contribution in [-0.4, -0.2) is 67.1 Å². The molecule has 2 N–H and O–H groups in total. The van der Waals surface area contributed by atoms with Gasteiger partial charge in [-0.05, 0) is 38.4 Å².